The van der Waals surface area contributed by atoms with Gasteiger partial charge in [-0.3, -0.25) is 4.98 Å². The van der Waals surface area contributed by atoms with Crippen molar-refractivity contribution in [2.75, 3.05) is 12.3 Å². The number of rotatable bonds is 3. The van der Waals surface area contributed by atoms with Crippen LogP contribution in [0.4, 0.5) is 10.5 Å². The van der Waals surface area contributed by atoms with Crippen LogP contribution in [0.3, 0.4) is 0 Å². The third-order valence-corrected chi connectivity index (χ3v) is 1.95. The molecule has 0 aliphatic rings. The molecule has 0 aromatic carbocycles. The maximum absolute atomic E-state index is 11.3. The van der Waals surface area contributed by atoms with Gasteiger partial charge in [0.1, 0.15) is 5.60 Å². The zero-order chi connectivity index (χ0) is 13.6. The number of amides is 1. The van der Waals surface area contributed by atoms with Crippen molar-refractivity contribution < 1.29 is 9.53 Å². The lowest BCUT2D eigenvalue weighted by Gasteiger charge is -2.19. The molecule has 18 heavy (non-hydrogen) atoms. The van der Waals surface area contributed by atoms with Crippen molar-refractivity contribution in [1.82, 2.24) is 10.3 Å². The summed E-state index contributed by atoms with van der Waals surface area (Å²) in [6.07, 6.45) is 6.44. The maximum Gasteiger partial charge on any atom is 0.407 e. The maximum atomic E-state index is 11.3. The van der Waals surface area contributed by atoms with Crippen LogP contribution in [0.1, 0.15) is 26.3 Å². The minimum Gasteiger partial charge on any atom is -0.444 e. The molecule has 98 valence electrons. The molecule has 0 spiro atoms. The number of ether oxygens (including phenoxy) is 1. The molecule has 0 fully saturated rings. The standard InChI is InChI=1S/C13H19N3O2/c1-13(2,3)18-12(17)16-7-4-5-10-6-8-15-9-11(10)14/h4-6,8-9H,7,14H2,1-3H3,(H,16,17). The van der Waals surface area contributed by atoms with E-state index < -0.39 is 11.7 Å². The predicted molar refractivity (Wildman–Crippen MR) is 71.9 cm³/mol. The zero-order valence-electron chi connectivity index (χ0n) is 10.9. The highest BCUT2D eigenvalue weighted by molar-refractivity contribution is 5.68. The number of nitrogens with two attached hydrogens (primary N) is 1. The summed E-state index contributed by atoms with van der Waals surface area (Å²) in [7, 11) is 0. The third kappa shape index (κ3) is 5.34. The summed E-state index contributed by atoms with van der Waals surface area (Å²) in [4.78, 5) is 15.2. The van der Waals surface area contributed by atoms with Gasteiger partial charge in [0.05, 0.1) is 11.9 Å². The van der Waals surface area contributed by atoms with E-state index in [2.05, 4.69) is 10.3 Å². The van der Waals surface area contributed by atoms with Crippen LogP contribution in [-0.4, -0.2) is 23.2 Å². The minimum absolute atomic E-state index is 0.386. The molecule has 0 saturated heterocycles. The van der Waals surface area contributed by atoms with Crippen LogP contribution in [0.5, 0.6) is 0 Å². The Kier molecular flexibility index (Phi) is 4.71. The summed E-state index contributed by atoms with van der Waals surface area (Å²) >= 11 is 0. The van der Waals surface area contributed by atoms with Gasteiger partial charge in [0.2, 0.25) is 0 Å². The Hall–Kier alpha value is -2.04. The second-order valence-corrected chi connectivity index (χ2v) is 4.79. The molecule has 5 nitrogen and oxygen atoms in total. The smallest absolute Gasteiger partial charge is 0.407 e. The van der Waals surface area contributed by atoms with Crippen molar-refractivity contribution in [3.63, 3.8) is 0 Å². The van der Waals surface area contributed by atoms with Crippen LogP contribution < -0.4 is 11.1 Å². The average molecular weight is 249 g/mol. The van der Waals surface area contributed by atoms with Crippen LogP contribution in [0, 0.1) is 0 Å². The Balaban J connectivity index is 2.38. The first kappa shape index (κ1) is 14.0. The monoisotopic (exact) mass is 249 g/mol. The first-order valence-electron chi connectivity index (χ1n) is 5.71. The largest absolute Gasteiger partial charge is 0.444 e. The number of nitrogens with one attached hydrogen (secondary N) is 1. The number of hydrogen-bond acceptors (Lipinski definition) is 4. The zero-order valence-corrected chi connectivity index (χ0v) is 10.9. The molecule has 1 aromatic heterocycles. The van der Waals surface area contributed by atoms with Crippen molar-refractivity contribution in [3.8, 4) is 0 Å². The highest BCUT2D eigenvalue weighted by Crippen LogP contribution is 2.10. The predicted octanol–water partition coefficient (Wildman–Crippen LogP) is 2.20. The summed E-state index contributed by atoms with van der Waals surface area (Å²) in [5.74, 6) is 0. The topological polar surface area (TPSA) is 77.2 Å². The molecule has 5 heteroatoms. The molecule has 0 atom stereocenters. The summed E-state index contributed by atoms with van der Waals surface area (Å²) in [5, 5.41) is 2.62. The molecule has 1 amide bonds. The van der Waals surface area contributed by atoms with E-state index in [4.69, 9.17) is 10.5 Å². The highest BCUT2D eigenvalue weighted by Gasteiger charge is 2.14. The van der Waals surface area contributed by atoms with E-state index in [0.717, 1.165) is 5.56 Å². The van der Waals surface area contributed by atoms with Crippen LogP contribution in [0.25, 0.3) is 6.08 Å². The van der Waals surface area contributed by atoms with E-state index in [1.165, 1.54) is 0 Å². The van der Waals surface area contributed by atoms with E-state index in [1.54, 1.807) is 24.5 Å². The number of nitrogens with zero attached hydrogens (tertiary/aromatic N) is 1. The van der Waals surface area contributed by atoms with Gasteiger partial charge >= 0.3 is 6.09 Å². The van der Waals surface area contributed by atoms with E-state index in [9.17, 15) is 4.79 Å². The average Bonchev–Trinajstić information content (AvgIpc) is 2.24. The molecule has 3 N–H and O–H groups in total. The van der Waals surface area contributed by atoms with Crippen molar-refractivity contribution in [1.29, 1.82) is 0 Å². The molecule has 0 aliphatic heterocycles. The molecule has 1 heterocycles. The molecule has 0 bridgehead atoms. The normalized spacial score (nSPS) is 11.5. The number of nitrogen functional groups attached to an aromatic ring is 1. The lowest BCUT2D eigenvalue weighted by atomic mass is 10.2. The molecular formula is C13H19N3O2. The van der Waals surface area contributed by atoms with Gasteiger partial charge in [0.15, 0.2) is 0 Å². The van der Waals surface area contributed by atoms with Crippen LogP contribution in [-0.2, 0) is 4.74 Å². The second kappa shape index (κ2) is 6.05. The van der Waals surface area contributed by atoms with Crippen LogP contribution in [0.2, 0.25) is 0 Å². The fourth-order valence-electron chi connectivity index (χ4n) is 1.21. The SMILES string of the molecule is CC(C)(C)OC(=O)NCC=Cc1ccncc1N. The molecule has 0 unspecified atom stereocenters. The first-order chi connectivity index (χ1) is 8.38. The fourth-order valence-corrected chi connectivity index (χ4v) is 1.21. The van der Waals surface area contributed by atoms with Crippen molar-refractivity contribution >= 4 is 17.9 Å². The minimum atomic E-state index is -0.483. The van der Waals surface area contributed by atoms with Gasteiger partial charge in [-0.25, -0.2) is 4.79 Å². The number of carbonyl (C=O) groups is 1. The van der Waals surface area contributed by atoms with Crippen molar-refractivity contribution in [2.45, 2.75) is 26.4 Å². The summed E-state index contributed by atoms with van der Waals surface area (Å²) < 4.78 is 5.10. The van der Waals surface area contributed by atoms with Crippen molar-refractivity contribution in [3.05, 3.63) is 30.1 Å². The van der Waals surface area contributed by atoms with E-state index in [1.807, 2.05) is 26.8 Å². The van der Waals surface area contributed by atoms with Gasteiger partial charge in [-0.15, -0.1) is 0 Å². The van der Waals surface area contributed by atoms with Gasteiger partial charge < -0.3 is 15.8 Å². The van der Waals surface area contributed by atoms with E-state index in [0.29, 0.717) is 12.2 Å². The molecule has 1 aromatic rings. The number of hydrogen-bond donors (Lipinski definition) is 2. The Morgan fingerprint density at radius 3 is 2.89 bits per heavy atom. The molecule has 1 rings (SSSR count). The quantitative estimate of drug-likeness (QED) is 0.861. The Morgan fingerprint density at radius 2 is 2.28 bits per heavy atom. The van der Waals surface area contributed by atoms with Gasteiger partial charge in [-0.2, -0.15) is 0 Å². The van der Waals surface area contributed by atoms with E-state index >= 15 is 0 Å². The van der Waals surface area contributed by atoms with Gasteiger partial charge in [-0.05, 0) is 26.8 Å². The first-order valence-corrected chi connectivity index (χ1v) is 5.71. The fraction of sp³-hybridized carbons (Fsp3) is 0.385. The summed E-state index contributed by atoms with van der Waals surface area (Å²) in [6.45, 7) is 5.84. The molecule has 0 aliphatic carbocycles. The van der Waals surface area contributed by atoms with Crippen molar-refractivity contribution in [2.24, 2.45) is 0 Å². The summed E-state index contributed by atoms with van der Waals surface area (Å²) in [5.41, 5.74) is 6.71. The summed E-state index contributed by atoms with van der Waals surface area (Å²) in [6, 6.07) is 1.80. The highest BCUT2D eigenvalue weighted by atomic mass is 16.6. The number of anilines is 1. The Morgan fingerprint density at radius 1 is 1.56 bits per heavy atom. The van der Waals surface area contributed by atoms with E-state index in [-0.39, 0.29) is 0 Å². The molecule has 0 saturated carbocycles. The number of alkyl carbamates (subject to hydrolysis) is 1. The number of aromatic nitrogens is 1. The van der Waals surface area contributed by atoms with Gasteiger partial charge in [0, 0.05) is 18.3 Å². The molecular weight excluding hydrogens is 230 g/mol. The Labute approximate surface area is 107 Å². The lowest BCUT2D eigenvalue weighted by Crippen LogP contribution is -2.32. The van der Waals surface area contributed by atoms with Gasteiger partial charge in [-0.1, -0.05) is 12.2 Å². The lowest BCUT2D eigenvalue weighted by molar-refractivity contribution is 0.0534. The number of carbonyl (C=O) groups excluding carboxylic acids is 1. The van der Waals surface area contributed by atoms with Crippen LogP contribution >= 0.6 is 0 Å². The molecule has 0 radical (unpaired) electrons. The third-order valence-electron chi connectivity index (χ3n) is 1.95. The van der Waals surface area contributed by atoms with Crippen LogP contribution in [0.15, 0.2) is 24.5 Å². The number of pyridine rings is 1. The second-order valence-electron chi connectivity index (χ2n) is 4.79. The van der Waals surface area contributed by atoms with Gasteiger partial charge in [0.25, 0.3) is 0 Å². The Bertz CT molecular complexity index is 436.